The summed E-state index contributed by atoms with van der Waals surface area (Å²) >= 11 is 0. The fourth-order valence-corrected chi connectivity index (χ4v) is 3.02. The van der Waals surface area contributed by atoms with Crippen LogP contribution < -0.4 is 3.71 Å². The number of hydrogen-bond acceptors (Lipinski definition) is 6. The van der Waals surface area contributed by atoms with Gasteiger partial charge < -0.3 is 0 Å². The van der Waals surface area contributed by atoms with Gasteiger partial charge in [0.25, 0.3) is 0 Å². The highest BCUT2D eigenvalue weighted by atomic mass is 32.3. The van der Waals surface area contributed by atoms with E-state index >= 15 is 0 Å². The third kappa shape index (κ3) is 2.91. The van der Waals surface area contributed by atoms with Crippen molar-refractivity contribution < 1.29 is 24.6 Å². The van der Waals surface area contributed by atoms with E-state index in [0.717, 1.165) is 12.1 Å². The Morgan fingerprint density at radius 1 is 1.00 bits per heavy atom. The highest BCUT2D eigenvalue weighted by Crippen LogP contribution is 2.25. The smallest absolute Gasteiger partial charge is 0.223 e. The average Bonchev–Trinajstić information content (AvgIpc) is 2.79. The van der Waals surface area contributed by atoms with Crippen LogP contribution >= 0.6 is 0 Å². The maximum absolute atomic E-state index is 12.9. The molecular formula is C8H6F2N4O4S2. The molecule has 0 saturated carbocycles. The molecule has 0 bridgehead atoms. The molecule has 0 radical (unpaired) electrons. The Bertz CT molecular complexity index is 771. The minimum Gasteiger partial charge on any atom is -0.223 e. The zero-order valence-corrected chi connectivity index (χ0v) is 11.1. The molecule has 1 heterocycles. The van der Waals surface area contributed by atoms with E-state index in [1.807, 2.05) is 0 Å². The van der Waals surface area contributed by atoms with E-state index in [4.69, 9.17) is 0 Å². The summed E-state index contributed by atoms with van der Waals surface area (Å²) in [5.41, 5.74) is -0.322. The quantitative estimate of drug-likeness (QED) is 0.759. The van der Waals surface area contributed by atoms with Gasteiger partial charge in [-0.2, -0.15) is 21.9 Å². The molecule has 1 aromatic carbocycles. The van der Waals surface area contributed by atoms with Gasteiger partial charge in [-0.1, -0.05) is 7.77 Å². The molecule has 0 aliphatic heterocycles. The van der Waals surface area contributed by atoms with Crippen LogP contribution in [-0.2, 0) is 20.8 Å². The number of rotatable bonds is 4. The molecule has 12 heteroatoms. The van der Waals surface area contributed by atoms with Crippen molar-refractivity contribution in [3.63, 3.8) is 0 Å². The number of benzene rings is 1. The van der Waals surface area contributed by atoms with Crippen LogP contribution in [0.25, 0.3) is 5.69 Å². The van der Waals surface area contributed by atoms with Crippen LogP contribution in [-0.4, -0.2) is 31.6 Å². The van der Waals surface area contributed by atoms with Crippen molar-refractivity contribution in [1.29, 1.82) is 0 Å². The lowest BCUT2D eigenvalue weighted by atomic mass is 10.3. The number of anilines is 1. The van der Waals surface area contributed by atoms with Crippen LogP contribution in [0.3, 0.4) is 0 Å². The third-order valence-electron chi connectivity index (χ3n) is 2.14. The monoisotopic (exact) mass is 324 g/mol. The molecule has 1 aromatic heterocycles. The van der Waals surface area contributed by atoms with Crippen LogP contribution in [0, 0.1) is 0 Å². The Hall–Kier alpha value is -2.08. The Morgan fingerprint density at radius 2 is 1.55 bits per heavy atom. The third-order valence-corrected chi connectivity index (χ3v) is 4.42. The molecule has 0 aliphatic rings. The van der Waals surface area contributed by atoms with Gasteiger partial charge in [-0.3, -0.25) is 0 Å². The molecule has 0 N–H and O–H groups in total. The lowest BCUT2D eigenvalue weighted by Crippen LogP contribution is -2.31. The van der Waals surface area contributed by atoms with Crippen molar-refractivity contribution in [2.24, 2.45) is 0 Å². The summed E-state index contributed by atoms with van der Waals surface area (Å²) in [6.07, 6.45) is 2.56. The largest absolute Gasteiger partial charge is 0.414 e. The second-order valence-corrected chi connectivity index (χ2v) is 6.05. The predicted molar refractivity (Wildman–Crippen MR) is 63.9 cm³/mol. The molecule has 0 fully saturated rings. The normalized spacial score (nSPS) is 12.3. The van der Waals surface area contributed by atoms with E-state index in [1.165, 1.54) is 29.5 Å². The van der Waals surface area contributed by atoms with E-state index in [1.54, 1.807) is 0 Å². The van der Waals surface area contributed by atoms with Gasteiger partial charge in [0.2, 0.25) is 0 Å². The summed E-state index contributed by atoms with van der Waals surface area (Å²) in [7, 11) is -11.6. The SMILES string of the molecule is O=S(=O)(F)N(c1ccc(-n2cncn2)cc1)S(=O)(=O)F. The lowest BCUT2D eigenvalue weighted by Gasteiger charge is -2.14. The molecule has 0 saturated heterocycles. The predicted octanol–water partition coefficient (Wildman–Crippen LogP) is 0.502. The van der Waals surface area contributed by atoms with E-state index in [2.05, 4.69) is 10.1 Å². The van der Waals surface area contributed by atoms with Gasteiger partial charge in [-0.15, -0.1) is 3.71 Å². The molecular weight excluding hydrogens is 318 g/mol. The highest BCUT2D eigenvalue weighted by molar-refractivity contribution is 8.05. The van der Waals surface area contributed by atoms with Gasteiger partial charge in [0.1, 0.15) is 12.7 Å². The second kappa shape index (κ2) is 4.79. The van der Waals surface area contributed by atoms with Crippen LogP contribution in [0.4, 0.5) is 13.5 Å². The molecule has 0 unspecified atom stereocenters. The lowest BCUT2D eigenvalue weighted by molar-refractivity contribution is 0.536. The van der Waals surface area contributed by atoms with E-state index in [9.17, 15) is 24.6 Å². The van der Waals surface area contributed by atoms with E-state index in [-0.39, 0.29) is 0 Å². The molecule has 2 rings (SSSR count). The first-order chi connectivity index (χ1) is 9.19. The molecule has 2 aromatic rings. The van der Waals surface area contributed by atoms with Crippen LogP contribution in [0.15, 0.2) is 36.9 Å². The minimum atomic E-state index is -5.81. The van der Waals surface area contributed by atoms with Crippen molar-refractivity contribution in [2.75, 3.05) is 3.71 Å². The molecule has 108 valence electrons. The number of hydrogen-bond donors (Lipinski definition) is 0. The Labute approximate surface area is 113 Å². The molecule has 0 aliphatic carbocycles. The summed E-state index contributed by atoms with van der Waals surface area (Å²) < 4.78 is 68.9. The Balaban J connectivity index is 2.47. The van der Waals surface area contributed by atoms with Gasteiger partial charge in [0, 0.05) is 0 Å². The van der Waals surface area contributed by atoms with Crippen LogP contribution in [0.5, 0.6) is 0 Å². The fourth-order valence-electron chi connectivity index (χ4n) is 1.43. The van der Waals surface area contributed by atoms with Gasteiger partial charge in [-0.25, -0.2) is 9.67 Å². The summed E-state index contributed by atoms with van der Waals surface area (Å²) in [6.45, 7) is 0. The van der Waals surface area contributed by atoms with Crippen molar-refractivity contribution in [2.45, 2.75) is 0 Å². The zero-order valence-electron chi connectivity index (χ0n) is 9.46. The Morgan fingerprint density at radius 3 is 1.95 bits per heavy atom. The average molecular weight is 324 g/mol. The van der Waals surface area contributed by atoms with Gasteiger partial charge in [0.15, 0.2) is 0 Å². The second-order valence-electron chi connectivity index (χ2n) is 3.44. The first kappa shape index (κ1) is 14.3. The fraction of sp³-hybridized carbons (Fsp3) is 0. The van der Waals surface area contributed by atoms with Crippen LogP contribution in [0.1, 0.15) is 0 Å². The van der Waals surface area contributed by atoms with E-state index in [0.29, 0.717) is 5.69 Å². The molecule has 0 amide bonds. The molecule has 0 atom stereocenters. The van der Waals surface area contributed by atoms with Crippen molar-refractivity contribution in [3.8, 4) is 5.69 Å². The summed E-state index contributed by atoms with van der Waals surface area (Å²) in [5.74, 6) is 0. The Kier molecular flexibility index (Phi) is 3.43. The molecule has 8 nitrogen and oxygen atoms in total. The van der Waals surface area contributed by atoms with Crippen molar-refractivity contribution in [1.82, 2.24) is 14.8 Å². The first-order valence-corrected chi connectivity index (χ1v) is 7.52. The topological polar surface area (TPSA) is 102 Å². The molecule has 20 heavy (non-hydrogen) atoms. The first-order valence-electron chi connectivity index (χ1n) is 4.84. The maximum atomic E-state index is 12.9. The van der Waals surface area contributed by atoms with Gasteiger partial charge in [-0.05, 0) is 24.3 Å². The van der Waals surface area contributed by atoms with Crippen molar-refractivity contribution >= 4 is 26.5 Å². The van der Waals surface area contributed by atoms with Crippen molar-refractivity contribution in [3.05, 3.63) is 36.9 Å². The zero-order chi connectivity index (χ0) is 15.0. The number of halogens is 2. The van der Waals surface area contributed by atoms with Crippen LogP contribution in [0.2, 0.25) is 0 Å². The highest BCUT2D eigenvalue weighted by Gasteiger charge is 2.34. The standard InChI is InChI=1S/C8H6F2N4O4S2/c9-19(15,16)14(20(10,17)18)8-3-1-7(2-4-8)13-6-11-5-12-13/h1-6H. The number of aromatic nitrogens is 3. The summed E-state index contributed by atoms with van der Waals surface area (Å²) in [4.78, 5) is 3.66. The summed E-state index contributed by atoms with van der Waals surface area (Å²) in [5, 5.41) is 3.77. The molecule has 0 spiro atoms. The minimum absolute atomic E-state index is 0.388. The number of nitrogens with zero attached hydrogens (tertiary/aromatic N) is 4. The van der Waals surface area contributed by atoms with Gasteiger partial charge >= 0.3 is 20.8 Å². The van der Waals surface area contributed by atoms with Gasteiger partial charge in [0.05, 0.1) is 11.4 Å². The maximum Gasteiger partial charge on any atom is 0.414 e. The summed E-state index contributed by atoms with van der Waals surface area (Å²) in [6, 6.07) is 4.25. The van der Waals surface area contributed by atoms with E-state index < -0.39 is 30.2 Å².